The third kappa shape index (κ3) is 2.31. The van der Waals surface area contributed by atoms with E-state index in [9.17, 15) is 0 Å². The molecule has 1 saturated heterocycles. The van der Waals surface area contributed by atoms with Gasteiger partial charge in [-0.05, 0) is 49.9 Å². The van der Waals surface area contributed by atoms with Crippen LogP contribution in [0.3, 0.4) is 0 Å². The minimum Gasteiger partial charge on any atom is -0.326 e. The van der Waals surface area contributed by atoms with Crippen molar-refractivity contribution in [3.8, 4) is 0 Å². The van der Waals surface area contributed by atoms with Crippen LogP contribution >= 0.6 is 11.3 Å². The molecule has 3 heteroatoms. The van der Waals surface area contributed by atoms with Crippen LogP contribution in [-0.2, 0) is 0 Å². The van der Waals surface area contributed by atoms with E-state index in [0.29, 0.717) is 12.1 Å². The summed E-state index contributed by atoms with van der Waals surface area (Å²) in [6, 6.07) is 2.97. The molecule has 0 bridgehead atoms. The van der Waals surface area contributed by atoms with E-state index in [2.05, 4.69) is 30.2 Å². The second-order valence-electron chi connectivity index (χ2n) is 4.70. The lowest BCUT2D eigenvalue weighted by Gasteiger charge is -2.32. The maximum Gasteiger partial charge on any atom is 0.0596 e. The number of likely N-dealkylation sites (N-methyl/N-ethyl adjacent to an activating group) is 1. The molecule has 0 spiro atoms. The highest BCUT2D eigenvalue weighted by Crippen LogP contribution is 2.34. The predicted molar refractivity (Wildman–Crippen MR) is 70.9 cm³/mol. The number of nitrogens with zero attached hydrogens (tertiary/aromatic N) is 1. The van der Waals surface area contributed by atoms with Gasteiger partial charge in [0.15, 0.2) is 0 Å². The lowest BCUT2D eigenvalue weighted by molar-refractivity contribution is 0.198. The number of aryl methyl sites for hydroxylation is 1. The lowest BCUT2D eigenvalue weighted by atomic mass is 10.0. The van der Waals surface area contributed by atoms with E-state index in [0.717, 1.165) is 6.54 Å². The minimum absolute atomic E-state index is 0.305. The predicted octanol–water partition coefficient (Wildman–Crippen LogP) is 2.93. The first-order valence-electron chi connectivity index (χ1n) is 6.27. The second-order valence-corrected chi connectivity index (χ2v) is 5.65. The van der Waals surface area contributed by atoms with Crippen LogP contribution in [0.2, 0.25) is 0 Å². The Labute approximate surface area is 102 Å². The number of likely N-dealkylation sites (tertiary alicyclic amines) is 1. The summed E-state index contributed by atoms with van der Waals surface area (Å²) in [6.07, 6.45) is 3.74. The monoisotopic (exact) mass is 238 g/mol. The number of thiophene rings is 1. The topological polar surface area (TPSA) is 29.3 Å². The first kappa shape index (κ1) is 12.1. The third-order valence-electron chi connectivity index (χ3n) is 3.61. The van der Waals surface area contributed by atoms with Crippen molar-refractivity contribution in [2.45, 2.75) is 45.2 Å². The van der Waals surface area contributed by atoms with Gasteiger partial charge in [-0.25, -0.2) is 0 Å². The summed E-state index contributed by atoms with van der Waals surface area (Å²) in [4.78, 5) is 4.03. The molecule has 1 aliphatic rings. The fourth-order valence-corrected chi connectivity index (χ4v) is 3.80. The van der Waals surface area contributed by atoms with E-state index < -0.39 is 0 Å². The fraction of sp³-hybridized carbons (Fsp3) is 0.692. The summed E-state index contributed by atoms with van der Waals surface area (Å²) in [5.74, 6) is 0. The van der Waals surface area contributed by atoms with Crippen molar-refractivity contribution in [3.05, 3.63) is 21.9 Å². The molecule has 1 aromatic heterocycles. The average Bonchev–Trinajstić information content (AvgIpc) is 2.59. The van der Waals surface area contributed by atoms with Gasteiger partial charge in [0.2, 0.25) is 0 Å². The molecular formula is C13H22N2S. The van der Waals surface area contributed by atoms with Crippen LogP contribution in [0.4, 0.5) is 0 Å². The van der Waals surface area contributed by atoms with Crippen molar-refractivity contribution < 1.29 is 0 Å². The molecule has 1 fully saturated rings. The average molecular weight is 238 g/mol. The minimum atomic E-state index is 0.305. The van der Waals surface area contributed by atoms with Crippen LogP contribution in [0.25, 0.3) is 0 Å². The van der Waals surface area contributed by atoms with Gasteiger partial charge in [-0.15, -0.1) is 11.3 Å². The molecule has 16 heavy (non-hydrogen) atoms. The van der Waals surface area contributed by atoms with Crippen LogP contribution in [0.1, 0.15) is 42.7 Å². The molecule has 0 amide bonds. The first-order chi connectivity index (χ1) is 7.74. The van der Waals surface area contributed by atoms with Gasteiger partial charge >= 0.3 is 0 Å². The van der Waals surface area contributed by atoms with Crippen molar-refractivity contribution in [3.63, 3.8) is 0 Å². The Hall–Kier alpha value is -0.380. The Balaban J connectivity index is 2.29. The molecule has 1 aromatic rings. The SMILES string of the molecule is CCN1CCCCC(N)C1c1sccc1C. The van der Waals surface area contributed by atoms with E-state index in [4.69, 9.17) is 5.73 Å². The Kier molecular flexibility index (Phi) is 4.00. The quantitative estimate of drug-likeness (QED) is 0.858. The highest BCUT2D eigenvalue weighted by molar-refractivity contribution is 7.10. The first-order valence-corrected chi connectivity index (χ1v) is 7.15. The Morgan fingerprint density at radius 3 is 2.94 bits per heavy atom. The summed E-state index contributed by atoms with van der Waals surface area (Å²) >= 11 is 1.87. The third-order valence-corrected chi connectivity index (χ3v) is 4.70. The van der Waals surface area contributed by atoms with Gasteiger partial charge in [0.05, 0.1) is 6.04 Å². The van der Waals surface area contributed by atoms with Crippen LogP contribution in [0.5, 0.6) is 0 Å². The number of hydrogen-bond donors (Lipinski definition) is 1. The maximum atomic E-state index is 6.37. The molecule has 0 aromatic carbocycles. The Morgan fingerprint density at radius 2 is 2.31 bits per heavy atom. The van der Waals surface area contributed by atoms with Gasteiger partial charge in [0, 0.05) is 10.9 Å². The zero-order valence-electron chi connectivity index (χ0n) is 10.3. The highest BCUT2D eigenvalue weighted by atomic mass is 32.1. The maximum absolute atomic E-state index is 6.37. The molecule has 0 aliphatic carbocycles. The largest absolute Gasteiger partial charge is 0.326 e. The molecule has 2 rings (SSSR count). The molecule has 2 nitrogen and oxygen atoms in total. The Bertz CT molecular complexity index is 334. The van der Waals surface area contributed by atoms with Crippen molar-refractivity contribution in [2.75, 3.05) is 13.1 Å². The van der Waals surface area contributed by atoms with E-state index >= 15 is 0 Å². The number of rotatable bonds is 2. The molecule has 2 unspecified atom stereocenters. The zero-order chi connectivity index (χ0) is 11.5. The molecule has 2 N–H and O–H groups in total. The van der Waals surface area contributed by atoms with E-state index in [1.807, 2.05) is 11.3 Å². The van der Waals surface area contributed by atoms with Crippen LogP contribution < -0.4 is 5.73 Å². The van der Waals surface area contributed by atoms with Gasteiger partial charge in [0.25, 0.3) is 0 Å². The summed E-state index contributed by atoms with van der Waals surface area (Å²) in [6.45, 7) is 6.76. The van der Waals surface area contributed by atoms with E-state index in [-0.39, 0.29) is 0 Å². The molecule has 2 heterocycles. The molecule has 90 valence electrons. The van der Waals surface area contributed by atoms with Gasteiger partial charge in [-0.3, -0.25) is 4.90 Å². The number of nitrogens with two attached hydrogens (primary N) is 1. The van der Waals surface area contributed by atoms with Gasteiger partial charge in [-0.2, -0.15) is 0 Å². The number of hydrogen-bond acceptors (Lipinski definition) is 3. The van der Waals surface area contributed by atoms with E-state index in [1.165, 1.54) is 36.2 Å². The lowest BCUT2D eigenvalue weighted by Crippen LogP contribution is -2.39. The molecule has 0 saturated carbocycles. The molecule has 1 aliphatic heterocycles. The molecule has 2 atom stereocenters. The summed E-state index contributed by atoms with van der Waals surface area (Å²) in [5, 5.41) is 2.19. The summed E-state index contributed by atoms with van der Waals surface area (Å²) in [7, 11) is 0. The van der Waals surface area contributed by atoms with E-state index in [1.54, 1.807) is 0 Å². The zero-order valence-corrected chi connectivity index (χ0v) is 11.1. The normalized spacial score (nSPS) is 27.9. The van der Waals surface area contributed by atoms with Crippen LogP contribution in [0, 0.1) is 6.92 Å². The van der Waals surface area contributed by atoms with Gasteiger partial charge < -0.3 is 5.73 Å². The van der Waals surface area contributed by atoms with Gasteiger partial charge in [0.1, 0.15) is 0 Å². The smallest absolute Gasteiger partial charge is 0.0596 e. The summed E-state index contributed by atoms with van der Waals surface area (Å²) < 4.78 is 0. The van der Waals surface area contributed by atoms with Crippen molar-refractivity contribution in [1.29, 1.82) is 0 Å². The molecular weight excluding hydrogens is 216 g/mol. The van der Waals surface area contributed by atoms with Crippen LogP contribution in [0.15, 0.2) is 11.4 Å². The fourth-order valence-electron chi connectivity index (χ4n) is 2.67. The Morgan fingerprint density at radius 1 is 1.50 bits per heavy atom. The molecule has 0 radical (unpaired) electrons. The highest BCUT2D eigenvalue weighted by Gasteiger charge is 2.29. The van der Waals surface area contributed by atoms with Crippen molar-refractivity contribution in [1.82, 2.24) is 4.90 Å². The summed E-state index contributed by atoms with van der Waals surface area (Å²) in [5.41, 5.74) is 7.78. The van der Waals surface area contributed by atoms with Gasteiger partial charge in [-0.1, -0.05) is 13.3 Å². The standard InChI is InChI=1S/C13H22N2S/c1-3-15-8-5-4-6-11(14)12(15)13-10(2)7-9-16-13/h7,9,11-12H,3-6,8,14H2,1-2H3. The van der Waals surface area contributed by atoms with Crippen molar-refractivity contribution in [2.24, 2.45) is 5.73 Å². The van der Waals surface area contributed by atoms with Crippen LogP contribution in [-0.4, -0.2) is 24.0 Å². The van der Waals surface area contributed by atoms with Crippen molar-refractivity contribution >= 4 is 11.3 Å². The second kappa shape index (κ2) is 5.30.